The van der Waals surface area contributed by atoms with E-state index in [9.17, 15) is 18.4 Å². The number of hydrogen-bond acceptors (Lipinski definition) is 4. The van der Waals surface area contributed by atoms with Gasteiger partial charge >= 0.3 is 11.6 Å². The molecule has 2 aromatic rings. The molecule has 7 heteroatoms. The normalized spacial score (nSPS) is 10.0. The molecule has 112 valence electrons. The van der Waals surface area contributed by atoms with Gasteiger partial charge < -0.3 is 14.6 Å². The van der Waals surface area contributed by atoms with Crippen LogP contribution in [-0.4, -0.2) is 16.2 Å². The van der Waals surface area contributed by atoms with Crippen molar-refractivity contribution in [1.82, 2.24) is 0 Å². The number of phenolic OH excluding ortho intramolecular Hbond substituents is 1. The number of aromatic hydroxyl groups is 1. The second-order valence-electron chi connectivity index (χ2n) is 3.96. The lowest BCUT2D eigenvalue weighted by atomic mass is 10.0. The first-order valence-electron chi connectivity index (χ1n) is 5.68. The molecule has 0 saturated heterocycles. The molecule has 0 spiro atoms. The fraction of sp³-hybridized carbons (Fsp3) is 0.143. The first kappa shape index (κ1) is 16.4. The largest absolute Gasteiger partial charge is 0.503 e. The second kappa shape index (κ2) is 6.17. The lowest BCUT2D eigenvalue weighted by molar-refractivity contribution is -0.136. The Balaban J connectivity index is 0.00000106. The van der Waals surface area contributed by atoms with E-state index in [1.807, 2.05) is 0 Å². The summed E-state index contributed by atoms with van der Waals surface area (Å²) in [6.45, 7) is 7.35. The Morgan fingerprint density at radius 2 is 1.95 bits per heavy atom. The first-order chi connectivity index (χ1) is 9.82. The maximum atomic E-state index is 13.6. The van der Waals surface area contributed by atoms with Crippen molar-refractivity contribution in [2.24, 2.45) is 0 Å². The number of fused-ring (bicyclic) bond motifs is 1. The lowest BCUT2D eigenvalue weighted by Crippen LogP contribution is -2.15. The van der Waals surface area contributed by atoms with Crippen LogP contribution < -0.4 is 5.63 Å². The number of rotatable bonds is 2. The molecule has 0 atom stereocenters. The topological polar surface area (TPSA) is 87.7 Å². The van der Waals surface area contributed by atoms with Crippen LogP contribution in [0.2, 0.25) is 0 Å². The summed E-state index contributed by atoms with van der Waals surface area (Å²) in [5, 5.41) is 17.7. The third kappa shape index (κ3) is 2.91. The molecule has 0 amide bonds. The Kier molecular flexibility index (Phi) is 4.80. The number of benzene rings is 1. The zero-order chi connectivity index (χ0) is 16.3. The first-order valence-corrected chi connectivity index (χ1v) is 5.68. The van der Waals surface area contributed by atoms with Gasteiger partial charge in [-0.25, -0.2) is 9.18 Å². The van der Waals surface area contributed by atoms with Gasteiger partial charge in [-0.3, -0.25) is 4.79 Å². The standard InChI is InChI=1S/C12H8F2O5.C2H4/c1-4-5-2-7(13)10(17)9(14)11(5)19-12(18)6(4)3-8(15)16;1-2/h2,17H,3H2,1H3,(H,15,16);1-2H2. The Bertz CT molecular complexity index is 764. The SMILES string of the molecule is C=C.Cc1c(CC(=O)O)c(=O)oc2c(F)c(O)c(F)cc12. The summed E-state index contributed by atoms with van der Waals surface area (Å²) in [5.74, 6) is -5.13. The summed E-state index contributed by atoms with van der Waals surface area (Å²) in [4.78, 5) is 22.2. The fourth-order valence-electron chi connectivity index (χ4n) is 1.80. The van der Waals surface area contributed by atoms with E-state index in [1.54, 1.807) is 0 Å². The predicted molar refractivity (Wildman–Crippen MR) is 71.4 cm³/mol. The Morgan fingerprint density at radius 1 is 1.38 bits per heavy atom. The molecular formula is C14H12F2O5. The highest BCUT2D eigenvalue weighted by atomic mass is 19.1. The van der Waals surface area contributed by atoms with Crippen molar-refractivity contribution in [2.75, 3.05) is 0 Å². The molecule has 0 radical (unpaired) electrons. The minimum absolute atomic E-state index is 0.0938. The van der Waals surface area contributed by atoms with Gasteiger partial charge in [0.2, 0.25) is 5.82 Å². The van der Waals surface area contributed by atoms with Crippen LogP contribution in [0.25, 0.3) is 11.0 Å². The van der Waals surface area contributed by atoms with Crippen molar-refractivity contribution in [1.29, 1.82) is 0 Å². The second-order valence-corrected chi connectivity index (χ2v) is 3.96. The Hall–Kier alpha value is -2.70. The van der Waals surface area contributed by atoms with Crippen LogP contribution in [0.1, 0.15) is 11.1 Å². The molecule has 5 nitrogen and oxygen atoms in total. The third-order valence-electron chi connectivity index (χ3n) is 2.77. The number of phenols is 1. The molecule has 1 heterocycles. The highest BCUT2D eigenvalue weighted by molar-refractivity contribution is 5.84. The van der Waals surface area contributed by atoms with E-state index in [4.69, 9.17) is 10.2 Å². The van der Waals surface area contributed by atoms with Crippen LogP contribution in [0.5, 0.6) is 5.75 Å². The highest BCUT2D eigenvalue weighted by Crippen LogP contribution is 2.30. The molecule has 0 aliphatic carbocycles. The van der Waals surface area contributed by atoms with E-state index in [0.717, 1.165) is 6.07 Å². The van der Waals surface area contributed by atoms with Gasteiger partial charge in [-0.05, 0) is 18.6 Å². The minimum atomic E-state index is -1.39. The molecule has 0 aliphatic heterocycles. The maximum absolute atomic E-state index is 13.6. The number of halogens is 2. The molecule has 2 rings (SSSR count). The average molecular weight is 298 g/mol. The molecule has 0 bridgehead atoms. The zero-order valence-electron chi connectivity index (χ0n) is 11.1. The van der Waals surface area contributed by atoms with Gasteiger partial charge in [-0.15, -0.1) is 13.2 Å². The molecule has 1 aromatic heterocycles. The summed E-state index contributed by atoms with van der Waals surface area (Å²) in [5.41, 5.74) is -1.72. The summed E-state index contributed by atoms with van der Waals surface area (Å²) in [6.07, 6.45) is -0.617. The summed E-state index contributed by atoms with van der Waals surface area (Å²) in [7, 11) is 0. The van der Waals surface area contributed by atoms with E-state index >= 15 is 0 Å². The fourth-order valence-corrected chi connectivity index (χ4v) is 1.80. The van der Waals surface area contributed by atoms with Crippen LogP contribution in [0, 0.1) is 18.6 Å². The van der Waals surface area contributed by atoms with Crippen molar-refractivity contribution in [3.63, 3.8) is 0 Å². The van der Waals surface area contributed by atoms with Gasteiger partial charge in [0.1, 0.15) is 0 Å². The maximum Gasteiger partial charge on any atom is 0.340 e. The van der Waals surface area contributed by atoms with Crippen molar-refractivity contribution in [2.45, 2.75) is 13.3 Å². The van der Waals surface area contributed by atoms with E-state index in [-0.39, 0.29) is 16.5 Å². The zero-order valence-corrected chi connectivity index (χ0v) is 11.1. The van der Waals surface area contributed by atoms with Crippen molar-refractivity contribution >= 4 is 16.9 Å². The van der Waals surface area contributed by atoms with Crippen LogP contribution in [0.15, 0.2) is 28.4 Å². The quantitative estimate of drug-likeness (QED) is 0.657. The van der Waals surface area contributed by atoms with Crippen LogP contribution in [0.4, 0.5) is 8.78 Å². The number of aliphatic carboxylic acids is 1. The number of carbonyl (C=O) groups is 1. The van der Waals surface area contributed by atoms with E-state index in [1.165, 1.54) is 6.92 Å². The molecule has 21 heavy (non-hydrogen) atoms. The van der Waals surface area contributed by atoms with E-state index in [2.05, 4.69) is 17.6 Å². The van der Waals surface area contributed by atoms with Crippen molar-refractivity contribution in [3.05, 3.63) is 52.4 Å². The molecule has 2 N–H and O–H groups in total. The van der Waals surface area contributed by atoms with Gasteiger partial charge in [-0.2, -0.15) is 4.39 Å². The monoisotopic (exact) mass is 298 g/mol. The summed E-state index contributed by atoms with van der Waals surface area (Å²) >= 11 is 0. The molecule has 0 saturated carbocycles. The van der Waals surface area contributed by atoms with E-state index < -0.39 is 41.0 Å². The smallest absolute Gasteiger partial charge is 0.340 e. The Morgan fingerprint density at radius 3 is 2.48 bits per heavy atom. The lowest BCUT2D eigenvalue weighted by Gasteiger charge is -2.07. The van der Waals surface area contributed by atoms with Gasteiger partial charge in [0.15, 0.2) is 17.1 Å². The van der Waals surface area contributed by atoms with Crippen LogP contribution in [0.3, 0.4) is 0 Å². The molecule has 0 fully saturated rings. The molecule has 0 unspecified atom stereocenters. The van der Waals surface area contributed by atoms with Crippen molar-refractivity contribution < 1.29 is 28.2 Å². The number of aryl methyl sites for hydroxylation is 1. The number of hydrogen-bond donors (Lipinski definition) is 2. The summed E-state index contributed by atoms with van der Waals surface area (Å²) < 4.78 is 31.5. The third-order valence-corrected chi connectivity index (χ3v) is 2.77. The van der Waals surface area contributed by atoms with Gasteiger partial charge in [-0.1, -0.05) is 0 Å². The van der Waals surface area contributed by atoms with Gasteiger partial charge in [0.05, 0.1) is 12.0 Å². The number of carboxylic acids is 1. The van der Waals surface area contributed by atoms with Crippen LogP contribution >= 0.6 is 0 Å². The van der Waals surface area contributed by atoms with Crippen molar-refractivity contribution in [3.8, 4) is 5.75 Å². The molecule has 0 aliphatic rings. The average Bonchev–Trinajstić information content (AvgIpc) is 2.45. The molecular weight excluding hydrogens is 286 g/mol. The van der Waals surface area contributed by atoms with Crippen LogP contribution in [-0.2, 0) is 11.2 Å². The summed E-state index contributed by atoms with van der Waals surface area (Å²) in [6, 6.07) is 0.789. The van der Waals surface area contributed by atoms with Gasteiger partial charge in [0, 0.05) is 5.39 Å². The molecule has 1 aromatic carbocycles. The Labute approximate surface area is 117 Å². The highest BCUT2D eigenvalue weighted by Gasteiger charge is 2.20. The van der Waals surface area contributed by atoms with Gasteiger partial charge in [0.25, 0.3) is 0 Å². The predicted octanol–water partition coefficient (Wildman–Crippen LogP) is 2.51. The minimum Gasteiger partial charge on any atom is -0.503 e. The number of carboxylic acid groups (broad SMARTS) is 1. The van der Waals surface area contributed by atoms with E-state index in [0.29, 0.717) is 0 Å².